The maximum Gasteiger partial charge on any atom is -0.0202 e. The Hall–Kier alpha value is -2.44. The van der Waals surface area contributed by atoms with Crippen molar-refractivity contribution in [3.63, 3.8) is 0 Å². The van der Waals surface area contributed by atoms with E-state index in [4.69, 9.17) is 0 Å². The third-order valence-corrected chi connectivity index (χ3v) is 12.0. The fourth-order valence-corrected chi connectivity index (χ4v) is 7.86. The molecule has 0 aliphatic heterocycles. The number of fused-ring (bicyclic) bond motifs is 3. The van der Waals surface area contributed by atoms with Crippen LogP contribution in [0.2, 0.25) is 0 Å². The third-order valence-electron chi connectivity index (χ3n) is 10.6. The molecule has 0 amide bonds. The fourth-order valence-electron chi connectivity index (χ4n) is 7.04. The van der Waals surface area contributed by atoms with Gasteiger partial charge in [-0.05, 0) is 10.8 Å². The van der Waals surface area contributed by atoms with Gasteiger partial charge in [-0.2, -0.15) is 11.6 Å². The molecule has 56 heavy (non-hydrogen) atoms. The van der Waals surface area contributed by atoms with Gasteiger partial charge >= 0.3 is 151 Å². The Labute approximate surface area is 369 Å². The molecular formula is C53H68Cl2Zr-2. The van der Waals surface area contributed by atoms with E-state index in [0.717, 1.165) is 0 Å². The molecule has 1 unspecified atom stereocenters. The van der Waals surface area contributed by atoms with E-state index in [2.05, 4.69) is 221 Å². The molecule has 0 aromatic heterocycles. The number of allylic oxidation sites excluding steroid dienone is 4. The monoisotopic (exact) mass is 864 g/mol. The molecule has 0 saturated carbocycles. The first kappa shape index (κ1) is 49.7. The molecule has 0 radical (unpaired) electrons. The summed E-state index contributed by atoms with van der Waals surface area (Å²) in [5, 5.41) is 5.48. The minimum Gasteiger partial charge on any atom is -1.00 e. The largest absolute Gasteiger partial charge is 1.00 e. The average molecular weight is 867 g/mol. The Morgan fingerprint density at radius 3 is 1.07 bits per heavy atom. The van der Waals surface area contributed by atoms with Crippen LogP contribution in [-0.2, 0) is 45.9 Å². The smallest absolute Gasteiger partial charge is 0.0202 e. The van der Waals surface area contributed by atoms with Crippen LogP contribution < -0.4 is 24.8 Å². The summed E-state index contributed by atoms with van der Waals surface area (Å²) >= 11 is 1.46. The van der Waals surface area contributed by atoms with Gasteiger partial charge in [0.1, 0.15) is 0 Å². The van der Waals surface area contributed by atoms with Crippen molar-refractivity contribution in [2.24, 2.45) is 11.3 Å². The molecule has 0 N–H and O–H groups in total. The van der Waals surface area contributed by atoms with Gasteiger partial charge < -0.3 is 24.8 Å². The van der Waals surface area contributed by atoms with Crippen LogP contribution in [0.5, 0.6) is 0 Å². The molecule has 1 atom stereocenters. The topological polar surface area (TPSA) is 0 Å². The van der Waals surface area contributed by atoms with Gasteiger partial charge in [-0.1, -0.05) is 123 Å². The second kappa shape index (κ2) is 18.7. The first-order valence-corrected chi connectivity index (χ1v) is 21.2. The van der Waals surface area contributed by atoms with Crippen molar-refractivity contribution in [2.45, 2.75) is 139 Å². The van der Waals surface area contributed by atoms with Gasteiger partial charge in [0.25, 0.3) is 0 Å². The molecule has 0 fully saturated rings. The number of hydrogen-bond acceptors (Lipinski definition) is 0. The maximum absolute atomic E-state index is 3.40. The predicted octanol–water partition coefficient (Wildman–Crippen LogP) is 9.07. The van der Waals surface area contributed by atoms with E-state index in [1.54, 1.807) is 0 Å². The van der Waals surface area contributed by atoms with Crippen LogP contribution in [0.15, 0.2) is 108 Å². The van der Waals surface area contributed by atoms with E-state index in [1.165, 1.54) is 93.5 Å². The zero-order valence-electron chi connectivity index (χ0n) is 37.6. The summed E-state index contributed by atoms with van der Waals surface area (Å²) < 4.78 is 1.42. The third kappa shape index (κ3) is 12.8. The average Bonchev–Trinajstić information content (AvgIpc) is 3.61. The van der Waals surface area contributed by atoms with E-state index in [-0.39, 0.29) is 46.5 Å². The minimum atomic E-state index is 0. The second-order valence-corrected chi connectivity index (χ2v) is 21.9. The van der Waals surface area contributed by atoms with E-state index in [1.807, 2.05) is 0 Å². The van der Waals surface area contributed by atoms with Gasteiger partial charge in [0, 0.05) is 0 Å². The van der Waals surface area contributed by atoms with Crippen LogP contribution in [-0.4, -0.2) is 3.21 Å². The molecule has 0 spiro atoms. The van der Waals surface area contributed by atoms with Crippen molar-refractivity contribution in [3.8, 4) is 0 Å². The van der Waals surface area contributed by atoms with Crippen molar-refractivity contribution in [2.75, 3.05) is 0 Å². The molecule has 5 aromatic carbocycles. The Kier molecular flexibility index (Phi) is 16.6. The van der Waals surface area contributed by atoms with Crippen LogP contribution in [0.1, 0.15) is 151 Å². The standard InChI is InChI=1S/C21H25.C21H26.C11H17.2ClH.Zr/c1-20(2,3)16-7-9-18-14(12-16)11-15-13-17(21(4,5)6)8-10-19(15)18;1-20(2,3)18-11-7-16(8-12-18)15-17-9-13-19(14-10-17)21(4,5)6;1-8-6-9(2)10(7-8)11(3,4)5;;;/h7-13H,1-6H3;7-14H,1-6H3;7-8H,1-5H3;2*1H;/q-1;;-1;;;+2/p-2. The fraction of sp³-hybridized carbons (Fsp3) is 0.434. The normalized spacial score (nSPS) is 14.7. The quantitative estimate of drug-likeness (QED) is 0.156. The van der Waals surface area contributed by atoms with E-state index in [0.29, 0.717) is 11.3 Å². The number of benzene rings is 4. The molecule has 0 nitrogen and oxygen atoms in total. The summed E-state index contributed by atoms with van der Waals surface area (Å²) in [4.78, 5) is 0. The molecule has 5 aromatic rings. The van der Waals surface area contributed by atoms with Crippen molar-refractivity contribution in [3.05, 3.63) is 148 Å². The van der Waals surface area contributed by atoms with Gasteiger partial charge in [0.2, 0.25) is 0 Å². The van der Waals surface area contributed by atoms with Crippen LogP contribution in [0.25, 0.3) is 21.5 Å². The van der Waals surface area contributed by atoms with Gasteiger partial charge in [0.05, 0.1) is 0 Å². The summed E-state index contributed by atoms with van der Waals surface area (Å²) in [7, 11) is 0. The Morgan fingerprint density at radius 2 is 0.821 bits per heavy atom. The molecule has 3 heteroatoms. The zero-order valence-corrected chi connectivity index (χ0v) is 41.5. The second-order valence-electron chi connectivity index (χ2n) is 20.7. The Bertz CT molecular complexity index is 2010. The van der Waals surface area contributed by atoms with E-state index in [9.17, 15) is 0 Å². The molecule has 300 valence electrons. The van der Waals surface area contributed by atoms with Gasteiger partial charge in [-0.25, -0.2) is 5.57 Å². The molecule has 0 saturated heterocycles. The van der Waals surface area contributed by atoms with Crippen molar-refractivity contribution < 1.29 is 49.0 Å². The summed E-state index contributed by atoms with van der Waals surface area (Å²) in [6.45, 7) is 38.3. The zero-order chi connectivity index (χ0) is 40.6. The van der Waals surface area contributed by atoms with E-state index < -0.39 is 0 Å². The minimum absolute atomic E-state index is 0. The number of rotatable bonds is 2. The summed E-state index contributed by atoms with van der Waals surface area (Å²) in [5.41, 5.74) is 12.2. The van der Waals surface area contributed by atoms with Gasteiger partial charge in [-0.3, -0.25) is 6.08 Å². The van der Waals surface area contributed by atoms with Crippen LogP contribution in [0.3, 0.4) is 0 Å². The summed E-state index contributed by atoms with van der Waals surface area (Å²) in [5.74, 6) is 0.518. The van der Waals surface area contributed by atoms with Crippen LogP contribution in [0.4, 0.5) is 0 Å². The summed E-state index contributed by atoms with van der Waals surface area (Å²) in [6.07, 6.45) is 5.71. The van der Waals surface area contributed by atoms with Gasteiger partial charge in [-0.15, -0.1) is 39.7 Å². The van der Waals surface area contributed by atoms with Crippen molar-refractivity contribution >= 4 is 24.8 Å². The first-order chi connectivity index (χ1) is 24.7. The van der Waals surface area contributed by atoms with Crippen molar-refractivity contribution in [1.29, 1.82) is 0 Å². The number of halogens is 2. The number of hydrogen-bond donors (Lipinski definition) is 0. The van der Waals surface area contributed by atoms with Gasteiger partial charge in [0.15, 0.2) is 0 Å². The Morgan fingerprint density at radius 1 is 0.500 bits per heavy atom. The van der Waals surface area contributed by atoms with Crippen LogP contribution >= 0.6 is 0 Å². The molecule has 6 rings (SSSR count). The maximum atomic E-state index is 3.40. The molecule has 0 heterocycles. The first-order valence-electron chi connectivity index (χ1n) is 19.9. The van der Waals surface area contributed by atoms with Crippen LogP contribution in [0, 0.1) is 17.4 Å². The molecule has 0 bridgehead atoms. The molecule has 1 aliphatic rings. The SMILES string of the molecule is CC(C)(C)c1ccc([C](=[Zr+2])c2ccc(C(C)(C)C)cc2)cc1.CC(C)(C)c1ccc2c(c1)[cH-]c1cc(C(C)(C)C)ccc12.CC1=[C-]C(C)C=C1C(C)(C)C.[Cl-].[Cl-]. The molecule has 1 aliphatic carbocycles. The summed E-state index contributed by atoms with van der Waals surface area (Å²) in [6, 6.07) is 34.3. The predicted molar refractivity (Wildman–Crippen MR) is 237 cm³/mol. The molecular weight excluding hydrogens is 799 g/mol. The van der Waals surface area contributed by atoms with E-state index >= 15 is 0 Å². The Balaban J connectivity index is 0.000000300. The van der Waals surface area contributed by atoms with Crippen molar-refractivity contribution in [1.82, 2.24) is 0 Å².